The molecule has 1 aromatic rings. The molecule has 0 unspecified atom stereocenters. The van der Waals surface area contributed by atoms with Gasteiger partial charge in [-0.05, 0) is 12.5 Å². The van der Waals surface area contributed by atoms with Crippen molar-refractivity contribution >= 4 is 24.8 Å². The summed E-state index contributed by atoms with van der Waals surface area (Å²) < 4.78 is 19.2. The molecule has 1 atom stereocenters. The van der Waals surface area contributed by atoms with Crippen LogP contribution in [-0.2, 0) is 0 Å². The summed E-state index contributed by atoms with van der Waals surface area (Å²) >= 11 is 0. The Morgan fingerprint density at radius 3 is 2.45 bits per heavy atom. The molecule has 0 aromatic heterocycles. The van der Waals surface area contributed by atoms with Gasteiger partial charge in [0, 0.05) is 43.9 Å². The number of nitrogens with zero attached hydrogens (tertiary/aromatic N) is 1. The summed E-state index contributed by atoms with van der Waals surface area (Å²) in [6, 6.07) is 5.33. The fraction of sp³-hybridized carbons (Fsp3) is 0.571. The van der Waals surface area contributed by atoms with E-state index in [1.165, 1.54) is 6.07 Å². The van der Waals surface area contributed by atoms with Crippen LogP contribution in [0.15, 0.2) is 18.2 Å². The Bertz CT molecular complexity index is 401. The minimum Gasteiger partial charge on any atom is -0.497 e. The lowest BCUT2D eigenvalue weighted by Crippen LogP contribution is -2.45. The third kappa shape index (κ3) is 4.48. The minimum absolute atomic E-state index is 0. The van der Waals surface area contributed by atoms with Gasteiger partial charge in [0.05, 0.1) is 7.11 Å². The van der Waals surface area contributed by atoms with E-state index in [0.29, 0.717) is 5.75 Å². The summed E-state index contributed by atoms with van der Waals surface area (Å²) in [4.78, 5) is 2.35. The summed E-state index contributed by atoms with van der Waals surface area (Å²) in [6.45, 7) is 6.02. The van der Waals surface area contributed by atoms with E-state index in [9.17, 15) is 4.39 Å². The third-order valence-corrected chi connectivity index (χ3v) is 3.55. The first kappa shape index (κ1) is 19.4. The number of piperazine rings is 1. The number of nitrogens with one attached hydrogen (secondary N) is 1. The largest absolute Gasteiger partial charge is 0.497 e. The molecule has 1 fully saturated rings. The summed E-state index contributed by atoms with van der Waals surface area (Å²) in [5, 5.41) is 3.32. The maximum absolute atomic E-state index is 14.1. The molecule has 2 rings (SSSR count). The van der Waals surface area contributed by atoms with Crippen LogP contribution in [-0.4, -0.2) is 38.2 Å². The van der Waals surface area contributed by atoms with E-state index in [4.69, 9.17) is 4.74 Å². The maximum Gasteiger partial charge on any atom is 0.131 e. The van der Waals surface area contributed by atoms with E-state index in [1.54, 1.807) is 7.11 Å². The Morgan fingerprint density at radius 2 is 1.95 bits per heavy atom. The quantitative estimate of drug-likeness (QED) is 0.921. The highest BCUT2D eigenvalue weighted by Gasteiger charge is 2.23. The Morgan fingerprint density at radius 1 is 1.30 bits per heavy atom. The number of hydrogen-bond acceptors (Lipinski definition) is 3. The van der Waals surface area contributed by atoms with Gasteiger partial charge >= 0.3 is 0 Å². The zero-order valence-corrected chi connectivity index (χ0v) is 13.5. The second kappa shape index (κ2) is 9.40. The molecule has 116 valence electrons. The van der Waals surface area contributed by atoms with E-state index >= 15 is 0 Å². The maximum atomic E-state index is 14.1. The molecule has 6 heteroatoms. The van der Waals surface area contributed by atoms with Gasteiger partial charge in [-0.25, -0.2) is 4.39 Å². The summed E-state index contributed by atoms with van der Waals surface area (Å²) in [6.07, 6.45) is 0.920. The highest BCUT2D eigenvalue weighted by Crippen LogP contribution is 2.28. The molecule has 1 saturated heterocycles. The van der Waals surface area contributed by atoms with Crippen LogP contribution in [0.3, 0.4) is 0 Å². The second-order valence-corrected chi connectivity index (χ2v) is 4.60. The van der Waals surface area contributed by atoms with Gasteiger partial charge in [0.2, 0.25) is 0 Å². The van der Waals surface area contributed by atoms with Crippen LogP contribution in [0.25, 0.3) is 0 Å². The number of ether oxygens (including phenoxy) is 1. The molecule has 1 aliphatic heterocycles. The normalized spacial score (nSPS) is 16.8. The summed E-state index contributed by atoms with van der Waals surface area (Å²) in [5.41, 5.74) is 0.778. The van der Waals surface area contributed by atoms with E-state index in [0.717, 1.165) is 38.2 Å². The SMILES string of the molecule is CC[C@H](c1ccc(OC)cc1F)N1CCNCC1.Cl.Cl. The van der Waals surface area contributed by atoms with Crippen molar-refractivity contribution in [3.05, 3.63) is 29.6 Å². The molecule has 1 aliphatic rings. The van der Waals surface area contributed by atoms with Crippen molar-refractivity contribution in [2.45, 2.75) is 19.4 Å². The molecule has 1 N–H and O–H groups in total. The van der Waals surface area contributed by atoms with Gasteiger partial charge < -0.3 is 10.1 Å². The average molecular weight is 325 g/mol. The zero-order valence-electron chi connectivity index (χ0n) is 11.9. The van der Waals surface area contributed by atoms with Crippen LogP contribution in [0.1, 0.15) is 24.9 Å². The van der Waals surface area contributed by atoms with Gasteiger partial charge in [0.1, 0.15) is 11.6 Å². The zero-order chi connectivity index (χ0) is 13.0. The van der Waals surface area contributed by atoms with Gasteiger partial charge in [-0.15, -0.1) is 24.8 Å². The molecule has 0 aliphatic carbocycles. The van der Waals surface area contributed by atoms with E-state index in [-0.39, 0.29) is 36.7 Å². The first-order valence-corrected chi connectivity index (χ1v) is 6.54. The summed E-state index contributed by atoms with van der Waals surface area (Å²) in [7, 11) is 1.56. The minimum atomic E-state index is -0.167. The fourth-order valence-electron chi connectivity index (χ4n) is 2.57. The van der Waals surface area contributed by atoms with Gasteiger partial charge in [-0.3, -0.25) is 4.90 Å². The lowest BCUT2D eigenvalue weighted by atomic mass is 10.0. The van der Waals surface area contributed by atoms with Crippen molar-refractivity contribution < 1.29 is 9.13 Å². The molecule has 0 saturated carbocycles. The first-order chi connectivity index (χ1) is 8.76. The lowest BCUT2D eigenvalue weighted by Gasteiger charge is -2.34. The molecule has 1 aromatic carbocycles. The fourth-order valence-corrected chi connectivity index (χ4v) is 2.57. The molecular weight excluding hydrogens is 302 g/mol. The van der Waals surface area contributed by atoms with Crippen LogP contribution >= 0.6 is 24.8 Å². The van der Waals surface area contributed by atoms with E-state index < -0.39 is 0 Å². The Balaban J connectivity index is 0.00000180. The summed E-state index contributed by atoms with van der Waals surface area (Å²) in [5.74, 6) is 0.408. The molecule has 0 spiro atoms. The third-order valence-electron chi connectivity index (χ3n) is 3.55. The Hall–Kier alpha value is -0.550. The second-order valence-electron chi connectivity index (χ2n) is 4.60. The Kier molecular flexibility index (Phi) is 9.14. The molecule has 0 bridgehead atoms. The van der Waals surface area contributed by atoms with Gasteiger partial charge in [0.15, 0.2) is 0 Å². The molecule has 0 amide bonds. The van der Waals surface area contributed by atoms with Crippen molar-refractivity contribution in [2.24, 2.45) is 0 Å². The van der Waals surface area contributed by atoms with Crippen LogP contribution in [0.2, 0.25) is 0 Å². The molecule has 1 heterocycles. The number of rotatable bonds is 4. The van der Waals surface area contributed by atoms with Crippen molar-refractivity contribution in [1.29, 1.82) is 0 Å². The highest BCUT2D eigenvalue weighted by atomic mass is 35.5. The van der Waals surface area contributed by atoms with Gasteiger partial charge in [0.25, 0.3) is 0 Å². The molecule has 0 radical (unpaired) electrons. The van der Waals surface area contributed by atoms with Crippen LogP contribution in [0.5, 0.6) is 5.75 Å². The predicted octanol–water partition coefficient (Wildman–Crippen LogP) is 3.03. The molecule has 3 nitrogen and oxygen atoms in total. The highest BCUT2D eigenvalue weighted by molar-refractivity contribution is 5.85. The topological polar surface area (TPSA) is 24.5 Å². The number of methoxy groups -OCH3 is 1. The van der Waals surface area contributed by atoms with E-state index in [1.807, 2.05) is 12.1 Å². The van der Waals surface area contributed by atoms with Crippen molar-refractivity contribution in [1.82, 2.24) is 10.2 Å². The monoisotopic (exact) mass is 324 g/mol. The van der Waals surface area contributed by atoms with Crippen LogP contribution < -0.4 is 10.1 Å². The van der Waals surface area contributed by atoms with Crippen molar-refractivity contribution in [3.63, 3.8) is 0 Å². The van der Waals surface area contributed by atoms with Crippen molar-refractivity contribution in [3.8, 4) is 5.75 Å². The molecule has 20 heavy (non-hydrogen) atoms. The van der Waals surface area contributed by atoms with Crippen LogP contribution in [0.4, 0.5) is 4.39 Å². The lowest BCUT2D eigenvalue weighted by molar-refractivity contribution is 0.166. The van der Waals surface area contributed by atoms with Crippen molar-refractivity contribution in [2.75, 3.05) is 33.3 Å². The smallest absolute Gasteiger partial charge is 0.131 e. The average Bonchev–Trinajstić information content (AvgIpc) is 2.42. The number of halogens is 3. The van der Waals surface area contributed by atoms with Crippen LogP contribution in [0, 0.1) is 5.82 Å². The first-order valence-electron chi connectivity index (χ1n) is 6.54. The van der Waals surface area contributed by atoms with E-state index in [2.05, 4.69) is 17.1 Å². The van der Waals surface area contributed by atoms with Gasteiger partial charge in [-0.2, -0.15) is 0 Å². The Labute approximate surface area is 132 Å². The molecular formula is C14H23Cl2FN2O. The van der Waals surface area contributed by atoms with Gasteiger partial charge in [-0.1, -0.05) is 13.0 Å². The number of benzene rings is 1. The predicted molar refractivity (Wildman–Crippen MR) is 84.9 cm³/mol. The standard InChI is InChI=1S/C14H21FN2O.2ClH/c1-3-14(17-8-6-16-7-9-17)12-5-4-11(18-2)10-13(12)15;;/h4-5,10,14,16H,3,6-9H2,1-2H3;2*1H/t14-;;/m1../s1. The number of hydrogen-bond donors (Lipinski definition) is 1.